The quantitative estimate of drug-likeness (QED) is 0.785. The first-order chi connectivity index (χ1) is 10.8. The molecule has 128 valence electrons. The molecule has 1 fully saturated rings. The van der Waals surface area contributed by atoms with Crippen LogP contribution in [0.25, 0.3) is 0 Å². The predicted octanol–water partition coefficient (Wildman–Crippen LogP) is 1.47. The highest BCUT2D eigenvalue weighted by Crippen LogP contribution is 2.20. The molecule has 0 spiro atoms. The fraction of sp³-hybridized carbons (Fsp3) is 0.562. The van der Waals surface area contributed by atoms with Gasteiger partial charge < -0.3 is 15.4 Å². The molecule has 1 unspecified atom stereocenters. The number of amides is 1. The van der Waals surface area contributed by atoms with Gasteiger partial charge in [-0.2, -0.15) is 0 Å². The SMILES string of the molecule is CC(CS(C)(=O)=O)NC1CC(NC(=O)OCc2ccccc2)C1. The smallest absolute Gasteiger partial charge is 0.407 e. The number of carbonyl (C=O) groups is 1. The van der Waals surface area contributed by atoms with Crippen molar-refractivity contribution in [2.75, 3.05) is 12.0 Å². The minimum absolute atomic E-state index is 0.0824. The zero-order valence-electron chi connectivity index (χ0n) is 13.5. The van der Waals surface area contributed by atoms with Gasteiger partial charge in [0, 0.05) is 24.4 Å². The highest BCUT2D eigenvalue weighted by atomic mass is 32.2. The Morgan fingerprint density at radius 2 is 1.91 bits per heavy atom. The Bertz CT molecular complexity index is 612. The Morgan fingerprint density at radius 1 is 1.26 bits per heavy atom. The summed E-state index contributed by atoms with van der Waals surface area (Å²) in [6.45, 7) is 2.11. The predicted molar refractivity (Wildman–Crippen MR) is 88.9 cm³/mol. The van der Waals surface area contributed by atoms with Crippen molar-refractivity contribution in [3.63, 3.8) is 0 Å². The molecule has 1 aromatic rings. The summed E-state index contributed by atoms with van der Waals surface area (Å²) in [6.07, 6.45) is 2.39. The highest BCUT2D eigenvalue weighted by molar-refractivity contribution is 7.90. The summed E-state index contributed by atoms with van der Waals surface area (Å²) in [4.78, 5) is 11.7. The van der Waals surface area contributed by atoms with Crippen LogP contribution in [0, 0.1) is 0 Å². The van der Waals surface area contributed by atoms with Gasteiger partial charge in [-0.15, -0.1) is 0 Å². The second kappa shape index (κ2) is 7.79. The van der Waals surface area contributed by atoms with E-state index in [1.165, 1.54) is 6.26 Å². The standard InChI is InChI=1S/C16H24N2O4S/c1-12(11-23(2,20)21)17-14-8-15(9-14)18-16(19)22-10-13-6-4-3-5-7-13/h3-7,12,14-15,17H,8-11H2,1-2H3,(H,18,19). The number of hydrogen-bond donors (Lipinski definition) is 2. The summed E-state index contributed by atoms with van der Waals surface area (Å²) < 4.78 is 27.6. The molecule has 2 N–H and O–H groups in total. The summed E-state index contributed by atoms with van der Waals surface area (Å²) in [5.41, 5.74) is 0.949. The summed E-state index contributed by atoms with van der Waals surface area (Å²) in [5.74, 6) is 0.126. The van der Waals surface area contributed by atoms with Crippen LogP contribution in [0.5, 0.6) is 0 Å². The maximum absolute atomic E-state index is 11.7. The lowest BCUT2D eigenvalue weighted by atomic mass is 9.86. The topological polar surface area (TPSA) is 84.5 Å². The Morgan fingerprint density at radius 3 is 2.52 bits per heavy atom. The van der Waals surface area contributed by atoms with E-state index in [0.29, 0.717) is 0 Å². The van der Waals surface area contributed by atoms with Gasteiger partial charge in [0.25, 0.3) is 0 Å². The summed E-state index contributed by atoms with van der Waals surface area (Å²) >= 11 is 0. The minimum atomic E-state index is -2.97. The van der Waals surface area contributed by atoms with Gasteiger partial charge in [-0.25, -0.2) is 13.2 Å². The van der Waals surface area contributed by atoms with Gasteiger partial charge in [0.1, 0.15) is 16.4 Å². The van der Waals surface area contributed by atoms with Crippen LogP contribution in [0.3, 0.4) is 0 Å². The van der Waals surface area contributed by atoms with Crippen LogP contribution in [0.2, 0.25) is 0 Å². The van der Waals surface area contributed by atoms with Crippen LogP contribution in [-0.2, 0) is 21.2 Å². The third kappa shape index (κ3) is 6.58. The molecule has 1 aromatic carbocycles. The van der Waals surface area contributed by atoms with E-state index in [1.54, 1.807) is 0 Å². The van der Waals surface area contributed by atoms with Crippen LogP contribution in [0.4, 0.5) is 4.79 Å². The summed E-state index contributed by atoms with van der Waals surface area (Å²) in [7, 11) is -2.97. The van der Waals surface area contributed by atoms with Gasteiger partial charge >= 0.3 is 6.09 Å². The molecule has 0 heterocycles. The van der Waals surface area contributed by atoms with Crippen molar-refractivity contribution in [2.24, 2.45) is 0 Å². The molecule has 1 aliphatic rings. The molecule has 0 aromatic heterocycles. The van der Waals surface area contributed by atoms with Crippen molar-refractivity contribution in [3.8, 4) is 0 Å². The van der Waals surface area contributed by atoms with Gasteiger partial charge in [0.15, 0.2) is 0 Å². The van der Waals surface area contributed by atoms with Gasteiger partial charge in [0.05, 0.1) is 5.75 Å². The average molecular weight is 340 g/mol. The van der Waals surface area contributed by atoms with E-state index in [2.05, 4.69) is 10.6 Å². The number of hydrogen-bond acceptors (Lipinski definition) is 5. The molecule has 1 amide bonds. The van der Waals surface area contributed by atoms with Crippen molar-refractivity contribution in [3.05, 3.63) is 35.9 Å². The maximum atomic E-state index is 11.7. The molecule has 0 aliphatic heterocycles. The van der Waals surface area contributed by atoms with E-state index in [9.17, 15) is 13.2 Å². The first-order valence-corrected chi connectivity index (χ1v) is 9.79. The second-order valence-corrected chi connectivity index (χ2v) is 8.42. The molecule has 23 heavy (non-hydrogen) atoms. The highest BCUT2D eigenvalue weighted by Gasteiger charge is 2.31. The minimum Gasteiger partial charge on any atom is -0.445 e. The van der Waals surface area contributed by atoms with Crippen LogP contribution in [0.15, 0.2) is 30.3 Å². The molecular weight excluding hydrogens is 316 g/mol. The molecule has 2 rings (SSSR count). The van der Waals surface area contributed by atoms with Crippen molar-refractivity contribution < 1.29 is 17.9 Å². The van der Waals surface area contributed by atoms with Crippen molar-refractivity contribution in [2.45, 2.75) is 44.5 Å². The molecule has 1 saturated carbocycles. The number of rotatable bonds is 7. The first kappa shape index (κ1) is 17.7. The number of nitrogens with one attached hydrogen (secondary N) is 2. The van der Waals surface area contributed by atoms with Gasteiger partial charge in [-0.05, 0) is 25.3 Å². The molecule has 0 saturated heterocycles. The van der Waals surface area contributed by atoms with E-state index in [1.807, 2.05) is 37.3 Å². The molecule has 1 atom stereocenters. The van der Waals surface area contributed by atoms with Crippen LogP contribution in [0.1, 0.15) is 25.3 Å². The number of ether oxygens (including phenoxy) is 1. The lowest BCUT2D eigenvalue weighted by molar-refractivity contribution is 0.125. The Balaban J connectivity index is 1.61. The normalized spacial score (nSPS) is 22.0. The van der Waals surface area contributed by atoms with Gasteiger partial charge in [0.2, 0.25) is 0 Å². The molecule has 6 nitrogen and oxygen atoms in total. The summed E-state index contributed by atoms with van der Waals surface area (Å²) in [5, 5.41) is 6.08. The second-order valence-electron chi connectivity index (χ2n) is 6.23. The van der Waals surface area contributed by atoms with Crippen LogP contribution in [-0.4, -0.2) is 44.6 Å². The first-order valence-electron chi connectivity index (χ1n) is 7.73. The lowest BCUT2D eigenvalue weighted by Crippen LogP contribution is -2.55. The van der Waals surface area contributed by atoms with E-state index >= 15 is 0 Å². The van der Waals surface area contributed by atoms with Gasteiger partial charge in [-0.3, -0.25) is 0 Å². The lowest BCUT2D eigenvalue weighted by Gasteiger charge is -2.37. The molecule has 7 heteroatoms. The molecule has 0 radical (unpaired) electrons. The molecule has 1 aliphatic carbocycles. The average Bonchev–Trinajstić information content (AvgIpc) is 2.42. The largest absolute Gasteiger partial charge is 0.445 e. The fourth-order valence-corrected chi connectivity index (χ4v) is 3.71. The zero-order chi connectivity index (χ0) is 16.9. The number of sulfone groups is 1. The third-order valence-electron chi connectivity index (χ3n) is 3.75. The third-order valence-corrected chi connectivity index (χ3v) is 4.85. The van der Waals surface area contributed by atoms with E-state index in [4.69, 9.17) is 4.74 Å². The monoisotopic (exact) mass is 340 g/mol. The Hall–Kier alpha value is -1.60. The number of alkyl carbamates (subject to hydrolysis) is 1. The van der Waals surface area contributed by atoms with E-state index in [-0.39, 0.29) is 30.5 Å². The number of carbonyl (C=O) groups excluding carboxylic acids is 1. The van der Waals surface area contributed by atoms with Crippen molar-refractivity contribution in [1.82, 2.24) is 10.6 Å². The fourth-order valence-electron chi connectivity index (χ4n) is 2.71. The van der Waals surface area contributed by atoms with Crippen LogP contribution >= 0.6 is 0 Å². The molecule has 0 bridgehead atoms. The van der Waals surface area contributed by atoms with Gasteiger partial charge in [-0.1, -0.05) is 30.3 Å². The Labute approximate surface area is 137 Å². The van der Waals surface area contributed by atoms with Crippen molar-refractivity contribution in [1.29, 1.82) is 0 Å². The van der Waals surface area contributed by atoms with Crippen molar-refractivity contribution >= 4 is 15.9 Å². The van der Waals surface area contributed by atoms with E-state index < -0.39 is 15.9 Å². The molecular formula is C16H24N2O4S. The number of benzene rings is 1. The maximum Gasteiger partial charge on any atom is 0.407 e. The van der Waals surface area contributed by atoms with E-state index in [0.717, 1.165) is 18.4 Å². The van der Waals surface area contributed by atoms with Crippen LogP contribution < -0.4 is 10.6 Å². The summed E-state index contributed by atoms with van der Waals surface area (Å²) in [6, 6.07) is 9.76. The Kier molecular flexibility index (Phi) is 6.01. The zero-order valence-corrected chi connectivity index (χ0v) is 14.3.